The number of carbonyl (C=O) groups is 2. The Morgan fingerprint density at radius 1 is 1.48 bits per heavy atom. The Labute approximate surface area is 133 Å². The first-order chi connectivity index (χ1) is 9.97. The largest absolute Gasteiger partial charge is 0.351 e. The Bertz CT molecular complexity index is 535. The number of primary amides is 1. The Balaban J connectivity index is 1.96. The van der Waals surface area contributed by atoms with Crippen LogP contribution in [0.1, 0.15) is 31.4 Å². The van der Waals surface area contributed by atoms with Crippen molar-refractivity contribution in [2.24, 2.45) is 11.7 Å². The molecule has 1 heterocycles. The number of piperidine rings is 1. The van der Waals surface area contributed by atoms with Gasteiger partial charge in [-0.05, 0) is 37.5 Å². The highest BCUT2D eigenvalue weighted by Gasteiger charge is 2.28. The number of halogens is 1. The predicted molar refractivity (Wildman–Crippen MR) is 84.6 cm³/mol. The van der Waals surface area contributed by atoms with Gasteiger partial charge in [-0.1, -0.05) is 28.1 Å². The van der Waals surface area contributed by atoms with Crippen LogP contribution in [0.3, 0.4) is 0 Å². The SMILES string of the molecule is C[C@H](NC(=O)[C@H]1CCCN(C(N)=O)C1)c1cccc(Br)c1. The summed E-state index contributed by atoms with van der Waals surface area (Å²) >= 11 is 3.43. The van der Waals surface area contributed by atoms with E-state index >= 15 is 0 Å². The average molecular weight is 354 g/mol. The van der Waals surface area contributed by atoms with Gasteiger partial charge in [-0.2, -0.15) is 0 Å². The fourth-order valence-electron chi connectivity index (χ4n) is 2.58. The number of carbonyl (C=O) groups excluding carboxylic acids is 2. The lowest BCUT2D eigenvalue weighted by atomic mass is 9.96. The quantitative estimate of drug-likeness (QED) is 0.875. The zero-order valence-corrected chi connectivity index (χ0v) is 13.6. The van der Waals surface area contributed by atoms with Crippen molar-refractivity contribution in [1.29, 1.82) is 0 Å². The second-order valence-corrected chi connectivity index (χ2v) is 6.32. The molecule has 0 unspecified atom stereocenters. The topological polar surface area (TPSA) is 75.4 Å². The summed E-state index contributed by atoms with van der Waals surface area (Å²) in [6, 6.07) is 7.33. The molecule has 0 aromatic heterocycles. The first-order valence-electron chi connectivity index (χ1n) is 7.07. The van der Waals surface area contributed by atoms with Gasteiger partial charge >= 0.3 is 6.03 Å². The van der Waals surface area contributed by atoms with Crippen molar-refractivity contribution in [2.75, 3.05) is 13.1 Å². The van der Waals surface area contributed by atoms with E-state index in [1.54, 1.807) is 0 Å². The number of hydrogen-bond donors (Lipinski definition) is 2. The van der Waals surface area contributed by atoms with Crippen molar-refractivity contribution in [1.82, 2.24) is 10.2 Å². The van der Waals surface area contributed by atoms with E-state index in [-0.39, 0.29) is 17.9 Å². The number of nitrogens with one attached hydrogen (secondary N) is 1. The van der Waals surface area contributed by atoms with Gasteiger partial charge in [-0.3, -0.25) is 4.79 Å². The molecule has 0 spiro atoms. The second kappa shape index (κ2) is 6.93. The fourth-order valence-corrected chi connectivity index (χ4v) is 3.00. The number of urea groups is 1. The van der Waals surface area contributed by atoms with Gasteiger partial charge in [0.15, 0.2) is 0 Å². The van der Waals surface area contributed by atoms with Crippen LogP contribution < -0.4 is 11.1 Å². The molecular weight excluding hydrogens is 334 g/mol. The smallest absolute Gasteiger partial charge is 0.314 e. The molecule has 5 nitrogen and oxygen atoms in total. The van der Waals surface area contributed by atoms with Gasteiger partial charge in [0.25, 0.3) is 0 Å². The number of benzene rings is 1. The molecule has 3 amide bonds. The van der Waals surface area contributed by atoms with Crippen LogP contribution >= 0.6 is 15.9 Å². The third-order valence-electron chi connectivity index (χ3n) is 3.81. The van der Waals surface area contributed by atoms with Gasteiger partial charge < -0.3 is 16.0 Å². The Kier molecular flexibility index (Phi) is 5.22. The van der Waals surface area contributed by atoms with Crippen LogP contribution in [0.5, 0.6) is 0 Å². The normalized spacial score (nSPS) is 19.9. The van der Waals surface area contributed by atoms with Crippen LogP contribution in [0.2, 0.25) is 0 Å². The lowest BCUT2D eigenvalue weighted by molar-refractivity contribution is -0.126. The summed E-state index contributed by atoms with van der Waals surface area (Å²) in [5, 5.41) is 3.01. The van der Waals surface area contributed by atoms with E-state index in [2.05, 4.69) is 21.2 Å². The molecule has 1 fully saturated rings. The van der Waals surface area contributed by atoms with Crippen molar-refractivity contribution in [3.8, 4) is 0 Å². The summed E-state index contributed by atoms with van der Waals surface area (Å²) in [5.74, 6) is -0.200. The van der Waals surface area contributed by atoms with Gasteiger partial charge in [0, 0.05) is 17.6 Å². The molecule has 1 aliphatic heterocycles. The highest BCUT2D eigenvalue weighted by Crippen LogP contribution is 2.20. The first kappa shape index (κ1) is 15.8. The van der Waals surface area contributed by atoms with Crippen molar-refractivity contribution in [3.63, 3.8) is 0 Å². The zero-order valence-electron chi connectivity index (χ0n) is 12.0. The van der Waals surface area contributed by atoms with Crippen molar-refractivity contribution in [3.05, 3.63) is 34.3 Å². The Morgan fingerprint density at radius 3 is 2.90 bits per heavy atom. The molecule has 6 heteroatoms. The van der Waals surface area contributed by atoms with Crippen molar-refractivity contribution >= 4 is 27.9 Å². The summed E-state index contributed by atoms with van der Waals surface area (Å²) in [6.07, 6.45) is 1.60. The number of nitrogens with zero attached hydrogens (tertiary/aromatic N) is 1. The maximum atomic E-state index is 12.3. The Morgan fingerprint density at radius 2 is 2.24 bits per heavy atom. The molecule has 21 heavy (non-hydrogen) atoms. The molecule has 1 aromatic rings. The highest BCUT2D eigenvalue weighted by atomic mass is 79.9. The standard InChI is InChI=1S/C15H20BrN3O2/c1-10(11-4-2-6-13(16)8-11)18-14(20)12-5-3-7-19(9-12)15(17)21/h2,4,6,8,10,12H,3,5,7,9H2,1H3,(H2,17,21)(H,18,20)/t10-,12-/m0/s1. The number of amides is 3. The molecule has 1 saturated heterocycles. The average Bonchev–Trinajstić information content (AvgIpc) is 2.47. The van der Waals surface area contributed by atoms with E-state index in [0.717, 1.165) is 22.9 Å². The summed E-state index contributed by atoms with van der Waals surface area (Å²) in [4.78, 5) is 25.1. The van der Waals surface area contributed by atoms with Gasteiger partial charge in [0.05, 0.1) is 12.0 Å². The Hall–Kier alpha value is -1.56. The minimum absolute atomic E-state index is 0.0200. The number of nitrogens with two attached hydrogens (primary N) is 1. The number of rotatable bonds is 3. The van der Waals surface area contributed by atoms with E-state index in [9.17, 15) is 9.59 Å². The molecule has 0 bridgehead atoms. The number of hydrogen-bond acceptors (Lipinski definition) is 2. The molecule has 2 atom stereocenters. The van der Waals surface area contributed by atoms with Crippen molar-refractivity contribution in [2.45, 2.75) is 25.8 Å². The van der Waals surface area contributed by atoms with E-state index in [1.165, 1.54) is 4.90 Å². The predicted octanol–water partition coefficient (Wildman–Crippen LogP) is 2.42. The van der Waals surface area contributed by atoms with Gasteiger partial charge in [0.2, 0.25) is 5.91 Å². The van der Waals surface area contributed by atoms with Gasteiger partial charge in [-0.15, -0.1) is 0 Å². The fraction of sp³-hybridized carbons (Fsp3) is 0.467. The van der Waals surface area contributed by atoms with Gasteiger partial charge in [-0.25, -0.2) is 4.79 Å². The maximum Gasteiger partial charge on any atom is 0.314 e. The van der Waals surface area contributed by atoms with Crippen LogP contribution in [0.25, 0.3) is 0 Å². The summed E-state index contributed by atoms with van der Waals surface area (Å²) < 4.78 is 0.985. The van der Waals surface area contributed by atoms with Crippen LogP contribution in [0.15, 0.2) is 28.7 Å². The van der Waals surface area contributed by atoms with E-state index in [4.69, 9.17) is 5.73 Å². The van der Waals surface area contributed by atoms with Crippen LogP contribution in [0.4, 0.5) is 4.79 Å². The summed E-state index contributed by atoms with van der Waals surface area (Å²) in [7, 11) is 0. The van der Waals surface area contributed by atoms with Gasteiger partial charge in [0.1, 0.15) is 0 Å². The van der Waals surface area contributed by atoms with E-state index in [0.29, 0.717) is 13.1 Å². The molecule has 2 rings (SSSR count). The van der Waals surface area contributed by atoms with E-state index in [1.807, 2.05) is 31.2 Å². The highest BCUT2D eigenvalue weighted by molar-refractivity contribution is 9.10. The zero-order chi connectivity index (χ0) is 15.4. The third kappa shape index (κ3) is 4.20. The van der Waals surface area contributed by atoms with Crippen LogP contribution in [-0.4, -0.2) is 29.9 Å². The molecule has 114 valence electrons. The minimum Gasteiger partial charge on any atom is -0.351 e. The molecule has 1 aliphatic rings. The summed E-state index contributed by atoms with van der Waals surface area (Å²) in [5.41, 5.74) is 6.33. The van der Waals surface area contributed by atoms with E-state index < -0.39 is 6.03 Å². The monoisotopic (exact) mass is 353 g/mol. The molecule has 0 radical (unpaired) electrons. The lowest BCUT2D eigenvalue weighted by Gasteiger charge is -2.31. The first-order valence-corrected chi connectivity index (χ1v) is 7.87. The third-order valence-corrected chi connectivity index (χ3v) is 4.30. The molecule has 0 aliphatic carbocycles. The second-order valence-electron chi connectivity index (χ2n) is 5.41. The molecule has 0 saturated carbocycles. The molecular formula is C15H20BrN3O2. The minimum atomic E-state index is -0.451. The maximum absolute atomic E-state index is 12.3. The van der Waals surface area contributed by atoms with Crippen LogP contribution in [0, 0.1) is 5.92 Å². The lowest BCUT2D eigenvalue weighted by Crippen LogP contribution is -2.47. The number of likely N-dealkylation sites (tertiary alicyclic amines) is 1. The molecule has 1 aromatic carbocycles. The molecule has 3 N–H and O–H groups in total. The summed E-state index contributed by atoms with van der Waals surface area (Å²) in [6.45, 7) is 3.00. The van der Waals surface area contributed by atoms with Crippen molar-refractivity contribution < 1.29 is 9.59 Å². The van der Waals surface area contributed by atoms with Crippen LogP contribution in [-0.2, 0) is 4.79 Å².